The van der Waals surface area contributed by atoms with Crippen LogP contribution in [0.15, 0.2) is 47.3 Å². The first-order valence-electron chi connectivity index (χ1n) is 5.87. The van der Waals surface area contributed by atoms with Gasteiger partial charge in [0.15, 0.2) is 0 Å². The van der Waals surface area contributed by atoms with E-state index in [-0.39, 0.29) is 0 Å². The van der Waals surface area contributed by atoms with Crippen LogP contribution in [0.5, 0.6) is 5.75 Å². The summed E-state index contributed by atoms with van der Waals surface area (Å²) in [5.74, 6) is 1.60. The number of furan rings is 1. The van der Waals surface area contributed by atoms with Gasteiger partial charge in [-0.15, -0.1) is 0 Å². The molecule has 3 aromatic rings. The standard InChI is InChI=1S/C15H12N2O2/c1-18-13-4-5-15-11(8-13)9-14(19-15)3-2-12-6-7-16-10-17-12/h2-10H,1H3. The fourth-order valence-corrected chi connectivity index (χ4v) is 1.82. The molecule has 0 aliphatic carbocycles. The molecule has 0 aliphatic heterocycles. The molecule has 0 radical (unpaired) electrons. The van der Waals surface area contributed by atoms with E-state index in [4.69, 9.17) is 9.15 Å². The molecule has 0 aliphatic rings. The third kappa shape index (κ3) is 2.47. The van der Waals surface area contributed by atoms with Crippen molar-refractivity contribution in [1.82, 2.24) is 9.97 Å². The van der Waals surface area contributed by atoms with E-state index in [1.54, 1.807) is 13.3 Å². The Kier molecular flexibility index (Phi) is 2.98. The molecule has 2 heterocycles. The van der Waals surface area contributed by atoms with E-state index in [9.17, 15) is 0 Å². The Balaban J connectivity index is 1.91. The molecule has 3 rings (SSSR count). The third-order valence-corrected chi connectivity index (χ3v) is 2.77. The zero-order valence-electron chi connectivity index (χ0n) is 10.4. The summed E-state index contributed by atoms with van der Waals surface area (Å²) in [4.78, 5) is 7.99. The van der Waals surface area contributed by atoms with E-state index in [2.05, 4.69) is 9.97 Å². The van der Waals surface area contributed by atoms with Crippen LogP contribution in [0, 0.1) is 0 Å². The van der Waals surface area contributed by atoms with E-state index in [1.807, 2.05) is 42.5 Å². The molecular formula is C15H12N2O2. The number of hydrogen-bond acceptors (Lipinski definition) is 4. The first-order chi connectivity index (χ1) is 9.35. The Morgan fingerprint density at radius 3 is 2.89 bits per heavy atom. The topological polar surface area (TPSA) is 48.2 Å². The Hall–Kier alpha value is -2.62. The monoisotopic (exact) mass is 252 g/mol. The van der Waals surface area contributed by atoms with Gasteiger partial charge in [0.05, 0.1) is 12.8 Å². The highest BCUT2D eigenvalue weighted by Gasteiger charge is 2.02. The van der Waals surface area contributed by atoms with Crippen LogP contribution in [-0.4, -0.2) is 17.1 Å². The third-order valence-electron chi connectivity index (χ3n) is 2.77. The first-order valence-corrected chi connectivity index (χ1v) is 5.87. The largest absolute Gasteiger partial charge is 0.497 e. The molecule has 0 fully saturated rings. The van der Waals surface area contributed by atoms with Crippen LogP contribution in [0.3, 0.4) is 0 Å². The molecule has 1 aromatic carbocycles. The number of hydrogen-bond donors (Lipinski definition) is 0. The molecular weight excluding hydrogens is 240 g/mol. The maximum Gasteiger partial charge on any atom is 0.135 e. The quantitative estimate of drug-likeness (QED) is 0.716. The van der Waals surface area contributed by atoms with Gasteiger partial charge in [0.1, 0.15) is 23.4 Å². The molecule has 0 saturated carbocycles. The fraction of sp³-hybridized carbons (Fsp3) is 0.0667. The molecule has 0 amide bonds. The van der Waals surface area contributed by atoms with Crippen molar-refractivity contribution in [2.45, 2.75) is 0 Å². The maximum absolute atomic E-state index is 5.70. The Labute approximate surface area is 110 Å². The van der Waals surface area contributed by atoms with Gasteiger partial charge in [0.25, 0.3) is 0 Å². The summed E-state index contributed by atoms with van der Waals surface area (Å²) in [6.45, 7) is 0. The lowest BCUT2D eigenvalue weighted by atomic mass is 10.2. The van der Waals surface area contributed by atoms with Gasteiger partial charge in [-0.05, 0) is 42.5 Å². The second kappa shape index (κ2) is 4.94. The zero-order chi connectivity index (χ0) is 13.1. The molecule has 0 N–H and O–H groups in total. The van der Waals surface area contributed by atoms with Gasteiger partial charge >= 0.3 is 0 Å². The first kappa shape index (κ1) is 11.5. The lowest BCUT2D eigenvalue weighted by Gasteiger charge is -1.96. The molecule has 94 valence electrons. The van der Waals surface area contributed by atoms with Crippen molar-refractivity contribution in [3.63, 3.8) is 0 Å². The summed E-state index contributed by atoms with van der Waals surface area (Å²) in [7, 11) is 1.65. The Morgan fingerprint density at radius 1 is 1.16 bits per heavy atom. The van der Waals surface area contributed by atoms with Gasteiger partial charge in [-0.3, -0.25) is 0 Å². The van der Waals surface area contributed by atoms with E-state index in [0.717, 1.165) is 28.2 Å². The summed E-state index contributed by atoms with van der Waals surface area (Å²) >= 11 is 0. The Bertz CT molecular complexity index is 717. The molecule has 4 nitrogen and oxygen atoms in total. The smallest absolute Gasteiger partial charge is 0.135 e. The number of aromatic nitrogens is 2. The van der Waals surface area contributed by atoms with Gasteiger partial charge in [0, 0.05) is 11.6 Å². The van der Waals surface area contributed by atoms with Crippen LogP contribution in [0.4, 0.5) is 0 Å². The van der Waals surface area contributed by atoms with E-state index in [0.29, 0.717) is 0 Å². The van der Waals surface area contributed by atoms with Gasteiger partial charge < -0.3 is 9.15 Å². The SMILES string of the molecule is COc1ccc2oc(C=Cc3ccncn3)cc2c1. The number of methoxy groups -OCH3 is 1. The van der Waals surface area contributed by atoms with Gasteiger partial charge in [-0.1, -0.05) is 0 Å². The van der Waals surface area contributed by atoms with Crippen LogP contribution in [0.2, 0.25) is 0 Å². The van der Waals surface area contributed by atoms with E-state index >= 15 is 0 Å². The molecule has 0 saturated heterocycles. The second-order valence-corrected chi connectivity index (χ2v) is 4.02. The summed E-state index contributed by atoms with van der Waals surface area (Å²) in [5.41, 5.74) is 1.68. The minimum Gasteiger partial charge on any atom is -0.497 e. The lowest BCUT2D eigenvalue weighted by Crippen LogP contribution is -1.79. The number of ether oxygens (including phenoxy) is 1. The van der Waals surface area contributed by atoms with Crippen LogP contribution in [0.1, 0.15) is 11.5 Å². The zero-order valence-corrected chi connectivity index (χ0v) is 10.4. The van der Waals surface area contributed by atoms with Crippen molar-refractivity contribution in [3.8, 4) is 5.75 Å². The van der Waals surface area contributed by atoms with Crippen LogP contribution in [-0.2, 0) is 0 Å². The second-order valence-electron chi connectivity index (χ2n) is 4.02. The molecule has 0 bridgehead atoms. The minimum atomic E-state index is 0.780. The van der Waals surface area contributed by atoms with Crippen LogP contribution in [0.25, 0.3) is 23.1 Å². The van der Waals surface area contributed by atoms with Crippen LogP contribution < -0.4 is 4.74 Å². The predicted molar refractivity (Wildman–Crippen MR) is 73.7 cm³/mol. The van der Waals surface area contributed by atoms with E-state index < -0.39 is 0 Å². The van der Waals surface area contributed by atoms with E-state index in [1.165, 1.54) is 6.33 Å². The molecule has 0 atom stereocenters. The Morgan fingerprint density at radius 2 is 2.11 bits per heavy atom. The van der Waals surface area contributed by atoms with Gasteiger partial charge in [-0.2, -0.15) is 0 Å². The molecule has 19 heavy (non-hydrogen) atoms. The van der Waals surface area contributed by atoms with Crippen molar-refractivity contribution in [2.24, 2.45) is 0 Å². The van der Waals surface area contributed by atoms with Crippen molar-refractivity contribution in [1.29, 1.82) is 0 Å². The summed E-state index contributed by atoms with van der Waals surface area (Å²) in [6.07, 6.45) is 6.99. The number of benzene rings is 1. The summed E-state index contributed by atoms with van der Waals surface area (Å²) in [5, 5.41) is 1.02. The molecule has 4 heteroatoms. The highest BCUT2D eigenvalue weighted by molar-refractivity contribution is 5.82. The number of nitrogens with zero attached hydrogens (tertiary/aromatic N) is 2. The summed E-state index contributed by atoms with van der Waals surface area (Å²) < 4.78 is 10.9. The highest BCUT2D eigenvalue weighted by atomic mass is 16.5. The maximum atomic E-state index is 5.70. The van der Waals surface area contributed by atoms with Crippen molar-refractivity contribution in [2.75, 3.05) is 7.11 Å². The molecule has 2 aromatic heterocycles. The fourth-order valence-electron chi connectivity index (χ4n) is 1.82. The van der Waals surface area contributed by atoms with Gasteiger partial charge in [-0.25, -0.2) is 9.97 Å². The molecule has 0 unspecified atom stereocenters. The average Bonchev–Trinajstić information content (AvgIpc) is 2.88. The minimum absolute atomic E-state index is 0.780. The predicted octanol–water partition coefficient (Wildman–Crippen LogP) is 3.40. The number of fused-ring (bicyclic) bond motifs is 1. The lowest BCUT2D eigenvalue weighted by molar-refractivity contribution is 0.415. The van der Waals surface area contributed by atoms with Crippen molar-refractivity contribution >= 4 is 23.1 Å². The average molecular weight is 252 g/mol. The highest BCUT2D eigenvalue weighted by Crippen LogP contribution is 2.25. The summed E-state index contributed by atoms with van der Waals surface area (Å²) in [6, 6.07) is 9.53. The molecule has 0 spiro atoms. The van der Waals surface area contributed by atoms with Crippen molar-refractivity contribution in [3.05, 3.63) is 54.3 Å². The number of rotatable bonds is 3. The van der Waals surface area contributed by atoms with Gasteiger partial charge in [0.2, 0.25) is 0 Å². The van der Waals surface area contributed by atoms with Crippen LogP contribution >= 0.6 is 0 Å². The van der Waals surface area contributed by atoms with Crippen molar-refractivity contribution < 1.29 is 9.15 Å². The normalized spacial score (nSPS) is 11.2.